The smallest absolute Gasteiger partial charge is 0.308 e. The summed E-state index contributed by atoms with van der Waals surface area (Å²) in [5.74, 6) is 0.196. The highest BCUT2D eigenvalue weighted by Gasteiger charge is 2.33. The van der Waals surface area contributed by atoms with Crippen LogP contribution in [0, 0.1) is 18.3 Å². The van der Waals surface area contributed by atoms with Crippen molar-refractivity contribution >= 4 is 45.6 Å². The van der Waals surface area contributed by atoms with Gasteiger partial charge in [-0.3, -0.25) is 13.9 Å². The third kappa shape index (κ3) is 13.3. The van der Waals surface area contributed by atoms with Crippen LogP contribution < -0.4 is 19.1 Å². The van der Waals surface area contributed by atoms with Crippen molar-refractivity contribution in [3.8, 4) is 23.7 Å². The number of anilines is 2. The SMILES string of the molecule is C#C.CC.CC.CC.CC(C)(C)C(=O)O.CCOc1sc(C2CC2)nc1S(=O)N1CCOc2ccc(NC(C)=O)cc21. The van der Waals surface area contributed by atoms with E-state index in [0.29, 0.717) is 52.9 Å². The Labute approximate surface area is 260 Å². The van der Waals surface area contributed by atoms with Gasteiger partial charge in [-0.1, -0.05) is 52.9 Å². The number of terminal acetylenes is 1. The number of thiazole rings is 1. The lowest BCUT2D eigenvalue weighted by molar-refractivity contribution is -0.145. The van der Waals surface area contributed by atoms with Gasteiger partial charge in [0.1, 0.15) is 17.4 Å². The molecule has 1 saturated carbocycles. The van der Waals surface area contributed by atoms with Gasteiger partial charge in [0.2, 0.25) is 16.0 Å². The molecule has 0 spiro atoms. The van der Waals surface area contributed by atoms with Crippen LogP contribution in [0.3, 0.4) is 0 Å². The van der Waals surface area contributed by atoms with E-state index in [2.05, 4.69) is 23.1 Å². The van der Waals surface area contributed by atoms with Gasteiger partial charge in [0, 0.05) is 18.5 Å². The van der Waals surface area contributed by atoms with E-state index in [0.717, 1.165) is 17.8 Å². The van der Waals surface area contributed by atoms with Crippen LogP contribution in [-0.2, 0) is 20.6 Å². The van der Waals surface area contributed by atoms with Crippen LogP contribution >= 0.6 is 11.3 Å². The molecule has 1 unspecified atom stereocenters. The number of carbonyl (C=O) groups is 2. The maximum Gasteiger partial charge on any atom is 0.308 e. The summed E-state index contributed by atoms with van der Waals surface area (Å²) in [6, 6.07) is 5.33. The fourth-order valence-corrected chi connectivity index (χ4v) is 5.48. The molecule has 2 heterocycles. The number of benzene rings is 1. The van der Waals surface area contributed by atoms with Crippen molar-refractivity contribution in [2.75, 3.05) is 29.4 Å². The van der Waals surface area contributed by atoms with Crippen LogP contribution in [0.25, 0.3) is 0 Å². The van der Waals surface area contributed by atoms with Crippen molar-refractivity contribution in [1.29, 1.82) is 0 Å². The van der Waals surface area contributed by atoms with Crippen molar-refractivity contribution in [2.24, 2.45) is 5.41 Å². The molecular formula is C31H51N3O6S2. The summed E-state index contributed by atoms with van der Waals surface area (Å²) in [6.07, 6.45) is 10.3. The maximum atomic E-state index is 13.4. The fraction of sp³-hybridized carbons (Fsp3) is 0.581. The normalized spacial score (nSPS) is 13.3. The van der Waals surface area contributed by atoms with E-state index in [9.17, 15) is 13.8 Å². The highest BCUT2D eigenvalue weighted by Crippen LogP contribution is 2.46. The van der Waals surface area contributed by atoms with E-state index in [1.54, 1.807) is 43.3 Å². The van der Waals surface area contributed by atoms with Crippen LogP contribution in [0.5, 0.6) is 10.8 Å². The van der Waals surface area contributed by atoms with Gasteiger partial charge in [-0.2, -0.15) is 0 Å². The summed E-state index contributed by atoms with van der Waals surface area (Å²) in [4.78, 5) is 26.0. The van der Waals surface area contributed by atoms with Gasteiger partial charge in [-0.15, -0.1) is 12.8 Å². The summed E-state index contributed by atoms with van der Waals surface area (Å²) in [5.41, 5.74) is 0.727. The zero-order valence-electron chi connectivity index (χ0n) is 27.2. The number of aliphatic carboxylic acids is 1. The zero-order valence-corrected chi connectivity index (χ0v) is 28.8. The predicted octanol–water partition coefficient (Wildman–Crippen LogP) is 7.74. The Bertz CT molecular complexity index is 1120. The first-order valence-corrected chi connectivity index (χ1v) is 16.4. The van der Waals surface area contributed by atoms with E-state index < -0.39 is 22.4 Å². The largest absolute Gasteiger partial charge is 0.489 e. The predicted molar refractivity (Wildman–Crippen MR) is 176 cm³/mol. The van der Waals surface area contributed by atoms with Gasteiger partial charge < -0.3 is 19.9 Å². The number of rotatable bonds is 6. The Morgan fingerprint density at radius 2 is 1.71 bits per heavy atom. The standard InChI is InChI=1S/C18H21N3O4S2.C5H10O2.3C2H6.C2H2/c1-3-24-18-17(20-16(26-18)12-4-5-12)27(23)21-8-9-25-15-7-6-13(10-14(15)21)19-11(2)22;1-5(2,3)4(6)7;4*1-2/h6-7,10,12H,3-5,8-9H2,1-2H3,(H,19,22);1-3H3,(H,6,7);3*1-2H3;1-2H. The quantitative estimate of drug-likeness (QED) is 0.315. The molecule has 0 saturated heterocycles. The first kappa shape index (κ1) is 41.0. The molecule has 1 aromatic heterocycles. The number of carboxylic acids is 1. The molecule has 1 fully saturated rings. The van der Waals surface area contributed by atoms with Crippen LogP contribution in [-0.4, -0.2) is 45.9 Å². The average Bonchev–Trinajstić information content (AvgIpc) is 3.76. The molecule has 1 aromatic carbocycles. The van der Waals surface area contributed by atoms with Gasteiger partial charge in [0.05, 0.1) is 24.3 Å². The van der Waals surface area contributed by atoms with Crippen molar-refractivity contribution in [1.82, 2.24) is 4.98 Å². The van der Waals surface area contributed by atoms with Crippen LogP contribution in [0.1, 0.15) is 99.9 Å². The van der Waals surface area contributed by atoms with Gasteiger partial charge >= 0.3 is 5.97 Å². The number of hydrogen-bond acceptors (Lipinski definition) is 7. The molecule has 1 atom stereocenters. The maximum absolute atomic E-state index is 13.4. The number of carbonyl (C=O) groups excluding carboxylic acids is 1. The molecule has 1 aliphatic carbocycles. The van der Waals surface area contributed by atoms with E-state index in [1.165, 1.54) is 18.3 Å². The molecule has 0 radical (unpaired) electrons. The molecule has 0 bridgehead atoms. The second kappa shape index (κ2) is 21.6. The number of ether oxygens (including phenoxy) is 2. The second-order valence-corrected chi connectivity index (χ2v) is 11.3. The van der Waals surface area contributed by atoms with Gasteiger partial charge in [-0.05, 0) is 58.7 Å². The lowest BCUT2D eigenvalue weighted by atomic mass is 9.98. The van der Waals surface area contributed by atoms with Crippen molar-refractivity contribution in [2.45, 2.75) is 99.9 Å². The number of nitrogens with one attached hydrogen (secondary N) is 1. The average molecular weight is 626 g/mol. The Balaban J connectivity index is 0. The molecule has 4 rings (SSSR count). The number of carboxylic acid groups (broad SMARTS) is 1. The third-order valence-corrected chi connectivity index (χ3v) is 7.54. The highest BCUT2D eigenvalue weighted by molar-refractivity contribution is 7.86. The molecule has 1 aliphatic heterocycles. The van der Waals surface area contributed by atoms with Crippen molar-refractivity contribution in [3.63, 3.8) is 0 Å². The molecular weight excluding hydrogens is 574 g/mol. The Kier molecular flexibility index (Phi) is 21.1. The molecule has 2 aromatic rings. The summed E-state index contributed by atoms with van der Waals surface area (Å²) in [5, 5.41) is 13.1. The first-order chi connectivity index (χ1) is 20.0. The third-order valence-electron chi connectivity index (χ3n) is 4.89. The summed E-state index contributed by atoms with van der Waals surface area (Å²) < 4.78 is 26.6. The summed E-state index contributed by atoms with van der Waals surface area (Å²) >= 11 is 1.50. The molecule has 11 heteroatoms. The lowest BCUT2D eigenvalue weighted by Crippen LogP contribution is -2.34. The highest BCUT2D eigenvalue weighted by atomic mass is 32.2. The minimum atomic E-state index is -1.52. The van der Waals surface area contributed by atoms with Crippen LogP contribution in [0.2, 0.25) is 0 Å². The molecule has 1 amide bonds. The lowest BCUT2D eigenvalue weighted by Gasteiger charge is -2.29. The van der Waals surface area contributed by atoms with E-state index in [4.69, 9.17) is 14.6 Å². The minimum Gasteiger partial charge on any atom is -0.489 e. The Hall–Kier alpha value is -3.10. The van der Waals surface area contributed by atoms with Crippen LogP contribution in [0.15, 0.2) is 23.2 Å². The van der Waals surface area contributed by atoms with Crippen molar-refractivity contribution < 1.29 is 28.4 Å². The van der Waals surface area contributed by atoms with E-state index >= 15 is 0 Å². The molecule has 2 aliphatic rings. The van der Waals surface area contributed by atoms with Gasteiger partial charge in [0.25, 0.3) is 0 Å². The fourth-order valence-electron chi connectivity index (χ4n) is 2.90. The Morgan fingerprint density at radius 1 is 1.17 bits per heavy atom. The number of amides is 1. The topological polar surface area (TPSA) is 118 Å². The first-order valence-electron chi connectivity index (χ1n) is 14.4. The molecule has 42 heavy (non-hydrogen) atoms. The van der Waals surface area contributed by atoms with Gasteiger partial charge in [-0.25, -0.2) is 9.19 Å². The number of aromatic nitrogens is 1. The molecule has 9 nitrogen and oxygen atoms in total. The number of nitrogens with zero attached hydrogens (tertiary/aromatic N) is 2. The number of fused-ring (bicyclic) bond motifs is 1. The van der Waals surface area contributed by atoms with Gasteiger partial charge in [0.15, 0.2) is 11.0 Å². The van der Waals surface area contributed by atoms with E-state index in [-0.39, 0.29) is 5.91 Å². The van der Waals surface area contributed by atoms with Crippen LogP contribution in [0.4, 0.5) is 11.4 Å². The van der Waals surface area contributed by atoms with E-state index in [1.807, 2.05) is 48.5 Å². The van der Waals surface area contributed by atoms with Crippen molar-refractivity contribution in [3.05, 3.63) is 23.2 Å². The zero-order chi connectivity index (χ0) is 33.0. The monoisotopic (exact) mass is 625 g/mol. The molecule has 238 valence electrons. The second-order valence-electron chi connectivity index (χ2n) is 8.97. The minimum absolute atomic E-state index is 0.161. The summed E-state index contributed by atoms with van der Waals surface area (Å²) in [7, 11) is -1.52. The summed E-state index contributed by atoms with van der Waals surface area (Å²) in [6.45, 7) is 21.7. The number of hydrogen-bond donors (Lipinski definition) is 2. The Morgan fingerprint density at radius 3 is 2.17 bits per heavy atom. The molecule has 2 N–H and O–H groups in total.